The van der Waals surface area contributed by atoms with Crippen LogP contribution in [0.1, 0.15) is 36.7 Å². The van der Waals surface area contributed by atoms with E-state index in [0.717, 1.165) is 67.2 Å². The van der Waals surface area contributed by atoms with Crippen LogP contribution in [-0.4, -0.2) is 83.1 Å². The molecule has 1 aromatic carbocycles. The molecule has 2 aromatic heterocycles. The van der Waals surface area contributed by atoms with Crippen LogP contribution >= 0.6 is 0 Å². The van der Waals surface area contributed by atoms with E-state index in [1.54, 1.807) is 18.5 Å². The van der Waals surface area contributed by atoms with Gasteiger partial charge in [-0.3, -0.25) is 19.4 Å². The molecular weight excluding hydrogens is 460 g/mol. The van der Waals surface area contributed by atoms with E-state index in [-0.39, 0.29) is 5.78 Å². The molecule has 1 aliphatic heterocycles. The molecule has 1 saturated heterocycles. The van der Waals surface area contributed by atoms with Crippen LogP contribution in [0, 0.1) is 0 Å². The zero-order chi connectivity index (χ0) is 25.3. The summed E-state index contributed by atoms with van der Waals surface area (Å²) in [5.74, 6) is -0.0363. The van der Waals surface area contributed by atoms with Crippen molar-refractivity contribution in [2.24, 2.45) is 0 Å². The molecule has 10 heteroatoms. The number of nitrogens with one attached hydrogen (secondary N) is 2. The first-order valence-corrected chi connectivity index (χ1v) is 12.4. The number of aromatic nitrogens is 3. The van der Waals surface area contributed by atoms with Gasteiger partial charge in [-0.25, -0.2) is 4.79 Å². The van der Waals surface area contributed by atoms with Gasteiger partial charge in [0.2, 0.25) is 0 Å². The molecule has 0 radical (unpaired) electrons. The molecule has 2 aliphatic rings. The Balaban J connectivity index is 1.42. The van der Waals surface area contributed by atoms with Gasteiger partial charge in [0.05, 0.1) is 30.8 Å². The SMILES string of the molecule is CC(C)(C)OC(=O)NCCn1nc2c3c(c(NCCN4CCOCC4)ccc31)C(=O)c1ccncc1-2. The van der Waals surface area contributed by atoms with E-state index in [0.29, 0.717) is 24.2 Å². The summed E-state index contributed by atoms with van der Waals surface area (Å²) in [6.07, 6.45) is 2.86. The van der Waals surface area contributed by atoms with Gasteiger partial charge in [0.25, 0.3) is 0 Å². The number of hydrogen-bond acceptors (Lipinski definition) is 8. The van der Waals surface area contributed by atoms with Gasteiger partial charge < -0.3 is 20.1 Å². The highest BCUT2D eigenvalue weighted by molar-refractivity contribution is 6.27. The van der Waals surface area contributed by atoms with Gasteiger partial charge in [-0.1, -0.05) is 0 Å². The number of fused-ring (bicyclic) bond motifs is 2. The van der Waals surface area contributed by atoms with Crippen LogP contribution in [0.3, 0.4) is 0 Å². The van der Waals surface area contributed by atoms with Crippen molar-refractivity contribution in [3.05, 3.63) is 41.7 Å². The number of ketones is 1. The van der Waals surface area contributed by atoms with Crippen molar-refractivity contribution in [2.45, 2.75) is 32.9 Å². The quantitative estimate of drug-likeness (QED) is 0.405. The molecule has 1 amide bonds. The number of anilines is 1. The second-order valence-electron chi connectivity index (χ2n) is 10.0. The third-order valence-corrected chi connectivity index (χ3v) is 6.31. The van der Waals surface area contributed by atoms with Crippen LogP contribution in [0.4, 0.5) is 10.5 Å². The average Bonchev–Trinajstić information content (AvgIpc) is 3.21. The maximum absolute atomic E-state index is 13.6. The number of carbonyl (C=O) groups excluding carboxylic acids is 2. The number of ether oxygens (including phenoxy) is 2. The monoisotopic (exact) mass is 492 g/mol. The standard InChI is InChI=1S/C26H32N6O4/c1-26(2,3)36-25(34)29-9-11-32-20-5-4-19(28-8-10-31-12-14-35-15-13-31)21-22(20)23(30-32)18-16-27-7-6-17(18)24(21)33/h4-7,16,28H,8-15H2,1-3H3,(H,29,34). The fourth-order valence-corrected chi connectivity index (χ4v) is 4.68. The van der Waals surface area contributed by atoms with Crippen LogP contribution in [0.15, 0.2) is 30.6 Å². The van der Waals surface area contributed by atoms with Crippen molar-refractivity contribution in [2.75, 3.05) is 51.3 Å². The Labute approximate surface area is 210 Å². The minimum Gasteiger partial charge on any atom is -0.444 e. The summed E-state index contributed by atoms with van der Waals surface area (Å²) in [6, 6.07) is 5.68. The Morgan fingerprint density at radius 1 is 1.11 bits per heavy atom. The van der Waals surface area contributed by atoms with Crippen molar-refractivity contribution >= 4 is 28.5 Å². The number of hydrogen-bond donors (Lipinski definition) is 2. The van der Waals surface area contributed by atoms with Gasteiger partial charge in [0.1, 0.15) is 11.3 Å². The molecule has 5 rings (SSSR count). The minimum absolute atomic E-state index is 0.0363. The Kier molecular flexibility index (Phi) is 6.63. The molecule has 2 N–H and O–H groups in total. The smallest absolute Gasteiger partial charge is 0.407 e. The number of amides is 1. The molecule has 190 valence electrons. The summed E-state index contributed by atoms with van der Waals surface area (Å²) >= 11 is 0. The molecule has 3 aromatic rings. The number of alkyl carbamates (subject to hydrolysis) is 1. The molecule has 1 fully saturated rings. The summed E-state index contributed by atoms with van der Waals surface area (Å²) in [6.45, 7) is 11.2. The summed E-state index contributed by atoms with van der Waals surface area (Å²) in [5.41, 5.74) is 3.77. The fraction of sp³-hybridized carbons (Fsp3) is 0.462. The highest BCUT2D eigenvalue weighted by Gasteiger charge is 2.31. The predicted molar refractivity (Wildman–Crippen MR) is 136 cm³/mol. The first-order valence-electron chi connectivity index (χ1n) is 12.4. The molecule has 0 atom stereocenters. The Hall–Kier alpha value is -3.50. The number of rotatable bonds is 7. The largest absolute Gasteiger partial charge is 0.444 e. The van der Waals surface area contributed by atoms with Crippen molar-refractivity contribution in [3.8, 4) is 11.3 Å². The Morgan fingerprint density at radius 2 is 1.92 bits per heavy atom. The maximum Gasteiger partial charge on any atom is 0.407 e. The second-order valence-corrected chi connectivity index (χ2v) is 10.0. The van der Waals surface area contributed by atoms with Crippen LogP contribution in [0.5, 0.6) is 0 Å². The van der Waals surface area contributed by atoms with Crippen molar-refractivity contribution < 1.29 is 19.1 Å². The van der Waals surface area contributed by atoms with Crippen LogP contribution in [0.25, 0.3) is 22.2 Å². The normalized spacial score (nSPS) is 15.6. The molecule has 0 spiro atoms. The number of nitrogens with zero attached hydrogens (tertiary/aromatic N) is 4. The van der Waals surface area contributed by atoms with E-state index in [1.807, 2.05) is 37.6 Å². The molecular formula is C26H32N6O4. The van der Waals surface area contributed by atoms with Crippen molar-refractivity contribution in [1.82, 2.24) is 25.0 Å². The third kappa shape index (κ3) is 4.91. The molecule has 1 aliphatic carbocycles. The maximum atomic E-state index is 13.6. The lowest BCUT2D eigenvalue weighted by atomic mass is 9.87. The highest BCUT2D eigenvalue weighted by atomic mass is 16.6. The third-order valence-electron chi connectivity index (χ3n) is 6.31. The van der Waals surface area contributed by atoms with E-state index in [2.05, 4.69) is 20.5 Å². The molecule has 10 nitrogen and oxygen atoms in total. The fourth-order valence-electron chi connectivity index (χ4n) is 4.68. The summed E-state index contributed by atoms with van der Waals surface area (Å²) in [4.78, 5) is 32.3. The van der Waals surface area contributed by atoms with Gasteiger partial charge in [0.15, 0.2) is 5.78 Å². The molecule has 36 heavy (non-hydrogen) atoms. The van der Waals surface area contributed by atoms with Crippen LogP contribution in [0.2, 0.25) is 0 Å². The van der Waals surface area contributed by atoms with E-state index >= 15 is 0 Å². The lowest BCUT2D eigenvalue weighted by Gasteiger charge is -2.27. The van der Waals surface area contributed by atoms with E-state index in [1.165, 1.54) is 0 Å². The number of benzene rings is 1. The first kappa shape index (κ1) is 24.2. The number of morpholine rings is 1. The van der Waals surface area contributed by atoms with E-state index in [4.69, 9.17) is 14.6 Å². The number of pyridine rings is 1. The van der Waals surface area contributed by atoms with Crippen LogP contribution < -0.4 is 10.6 Å². The first-order chi connectivity index (χ1) is 17.3. The van der Waals surface area contributed by atoms with Gasteiger partial charge in [-0.05, 0) is 39.0 Å². The minimum atomic E-state index is -0.564. The second kappa shape index (κ2) is 9.87. The predicted octanol–water partition coefficient (Wildman–Crippen LogP) is 2.91. The van der Waals surface area contributed by atoms with Gasteiger partial charge in [0, 0.05) is 67.3 Å². The topological polar surface area (TPSA) is 111 Å². The average molecular weight is 493 g/mol. The molecule has 3 heterocycles. The van der Waals surface area contributed by atoms with Gasteiger partial charge in [-0.2, -0.15) is 5.10 Å². The van der Waals surface area contributed by atoms with Gasteiger partial charge >= 0.3 is 6.09 Å². The summed E-state index contributed by atoms with van der Waals surface area (Å²) in [5, 5.41) is 11.9. The van der Waals surface area contributed by atoms with Crippen molar-refractivity contribution in [1.29, 1.82) is 0 Å². The molecule has 0 saturated carbocycles. The van der Waals surface area contributed by atoms with E-state index in [9.17, 15) is 9.59 Å². The Morgan fingerprint density at radius 3 is 2.69 bits per heavy atom. The zero-order valence-electron chi connectivity index (χ0n) is 21.0. The van der Waals surface area contributed by atoms with E-state index < -0.39 is 11.7 Å². The lowest BCUT2D eigenvalue weighted by Crippen LogP contribution is -2.39. The molecule has 0 unspecified atom stereocenters. The lowest BCUT2D eigenvalue weighted by molar-refractivity contribution is 0.0398. The molecule has 0 bridgehead atoms. The highest BCUT2D eigenvalue weighted by Crippen LogP contribution is 2.41. The van der Waals surface area contributed by atoms with Crippen LogP contribution in [-0.2, 0) is 16.0 Å². The summed E-state index contributed by atoms with van der Waals surface area (Å²) in [7, 11) is 0. The Bertz CT molecular complexity index is 1290. The summed E-state index contributed by atoms with van der Waals surface area (Å²) < 4.78 is 12.6. The van der Waals surface area contributed by atoms with Crippen molar-refractivity contribution in [3.63, 3.8) is 0 Å². The van der Waals surface area contributed by atoms with Gasteiger partial charge in [-0.15, -0.1) is 0 Å². The zero-order valence-corrected chi connectivity index (χ0v) is 21.0. The number of carbonyl (C=O) groups is 2.